The highest BCUT2D eigenvalue weighted by atomic mass is 16.5. The molecule has 148 valence electrons. The van der Waals surface area contributed by atoms with Gasteiger partial charge in [0.2, 0.25) is 5.91 Å². The Hall–Kier alpha value is -2.77. The number of rotatable bonds is 6. The maximum Gasteiger partial charge on any atom is 0.310 e. The van der Waals surface area contributed by atoms with Crippen molar-refractivity contribution in [2.24, 2.45) is 5.41 Å². The van der Waals surface area contributed by atoms with Gasteiger partial charge in [-0.05, 0) is 32.0 Å². The molecule has 2 rings (SSSR count). The van der Waals surface area contributed by atoms with E-state index in [1.165, 1.54) is 4.90 Å². The summed E-state index contributed by atoms with van der Waals surface area (Å²) in [6.07, 6.45) is 0.164. The topological polar surface area (TPSA) is 99.2 Å². The van der Waals surface area contributed by atoms with Crippen LogP contribution in [0.25, 0.3) is 0 Å². The fourth-order valence-electron chi connectivity index (χ4n) is 2.68. The normalized spacial score (nSPS) is 16.2. The summed E-state index contributed by atoms with van der Waals surface area (Å²) >= 11 is 0. The van der Waals surface area contributed by atoms with Crippen molar-refractivity contribution in [1.29, 1.82) is 0 Å². The predicted octanol–water partition coefficient (Wildman–Crippen LogP) is 1.20. The number of hydrogen-bond acceptors (Lipinski definition) is 5. The van der Waals surface area contributed by atoms with Crippen molar-refractivity contribution in [2.45, 2.75) is 26.3 Å². The van der Waals surface area contributed by atoms with E-state index in [0.29, 0.717) is 17.9 Å². The van der Waals surface area contributed by atoms with Gasteiger partial charge in [0.15, 0.2) is 0 Å². The van der Waals surface area contributed by atoms with Crippen LogP contribution in [-0.4, -0.2) is 68.1 Å². The SMILES string of the molecule is CN(C)C(=O)c1ccc2c(c1)N(C)C(CC(=O)NCC(C)(C)C(=O)O)CO2. The Balaban J connectivity index is 2.06. The molecule has 0 saturated carbocycles. The summed E-state index contributed by atoms with van der Waals surface area (Å²) in [6, 6.07) is 5.02. The minimum atomic E-state index is -1.03. The lowest BCUT2D eigenvalue weighted by molar-refractivity contribution is -0.146. The van der Waals surface area contributed by atoms with Gasteiger partial charge in [-0.25, -0.2) is 0 Å². The van der Waals surface area contributed by atoms with Crippen LogP contribution in [0.5, 0.6) is 5.75 Å². The van der Waals surface area contributed by atoms with E-state index in [0.717, 1.165) is 5.69 Å². The van der Waals surface area contributed by atoms with Gasteiger partial charge in [0, 0.05) is 33.3 Å². The molecule has 0 fully saturated rings. The zero-order chi connectivity index (χ0) is 20.4. The van der Waals surface area contributed by atoms with E-state index in [9.17, 15) is 14.4 Å². The van der Waals surface area contributed by atoms with Gasteiger partial charge in [0.25, 0.3) is 5.91 Å². The first-order chi connectivity index (χ1) is 12.5. The number of carboxylic acid groups (broad SMARTS) is 1. The molecule has 1 unspecified atom stereocenters. The summed E-state index contributed by atoms with van der Waals surface area (Å²) in [5.74, 6) is -0.653. The number of ether oxygens (including phenoxy) is 1. The van der Waals surface area contributed by atoms with Gasteiger partial charge in [0.1, 0.15) is 12.4 Å². The number of carbonyl (C=O) groups excluding carboxylic acids is 2. The van der Waals surface area contributed by atoms with E-state index in [1.54, 1.807) is 46.1 Å². The molecule has 1 atom stereocenters. The van der Waals surface area contributed by atoms with E-state index < -0.39 is 11.4 Å². The molecule has 1 aliphatic rings. The number of fused-ring (bicyclic) bond motifs is 1. The molecule has 2 N–H and O–H groups in total. The van der Waals surface area contributed by atoms with Crippen LogP contribution in [0.1, 0.15) is 30.6 Å². The fraction of sp³-hybridized carbons (Fsp3) is 0.526. The first-order valence-electron chi connectivity index (χ1n) is 8.74. The van der Waals surface area contributed by atoms with E-state index in [-0.39, 0.29) is 30.8 Å². The summed E-state index contributed by atoms with van der Waals surface area (Å²) in [5, 5.41) is 11.8. The Bertz CT molecular complexity index is 745. The van der Waals surface area contributed by atoms with Crippen LogP contribution in [0.3, 0.4) is 0 Å². The van der Waals surface area contributed by atoms with Crippen LogP contribution >= 0.6 is 0 Å². The van der Waals surface area contributed by atoms with Gasteiger partial charge in [0.05, 0.1) is 23.6 Å². The maximum atomic E-state index is 12.3. The maximum absolute atomic E-state index is 12.3. The van der Waals surface area contributed by atoms with Crippen LogP contribution in [-0.2, 0) is 9.59 Å². The first-order valence-corrected chi connectivity index (χ1v) is 8.74. The van der Waals surface area contributed by atoms with Gasteiger partial charge < -0.3 is 25.0 Å². The molecule has 2 amide bonds. The Morgan fingerprint density at radius 2 is 2.00 bits per heavy atom. The molecular weight excluding hydrogens is 350 g/mol. The van der Waals surface area contributed by atoms with Crippen LogP contribution in [0.2, 0.25) is 0 Å². The summed E-state index contributed by atoms with van der Waals surface area (Å²) < 4.78 is 5.75. The number of carbonyl (C=O) groups is 3. The number of aliphatic carboxylic acids is 1. The molecular formula is C19H27N3O5. The number of amides is 2. The summed E-state index contributed by atoms with van der Waals surface area (Å²) in [5.41, 5.74) is 0.263. The lowest BCUT2D eigenvalue weighted by Crippen LogP contribution is -2.45. The number of anilines is 1. The van der Waals surface area contributed by atoms with Crippen molar-refractivity contribution in [3.8, 4) is 5.75 Å². The highest BCUT2D eigenvalue weighted by Gasteiger charge is 2.30. The van der Waals surface area contributed by atoms with Crippen molar-refractivity contribution >= 4 is 23.5 Å². The van der Waals surface area contributed by atoms with E-state index in [2.05, 4.69) is 5.32 Å². The van der Waals surface area contributed by atoms with Crippen LogP contribution < -0.4 is 15.0 Å². The third-order valence-corrected chi connectivity index (χ3v) is 4.70. The summed E-state index contributed by atoms with van der Waals surface area (Å²) in [7, 11) is 5.23. The number of likely N-dealkylation sites (N-methyl/N-ethyl adjacent to an activating group) is 1. The van der Waals surface area contributed by atoms with Gasteiger partial charge in [-0.2, -0.15) is 0 Å². The first kappa shape index (κ1) is 20.5. The molecule has 8 heteroatoms. The van der Waals surface area contributed by atoms with Gasteiger partial charge >= 0.3 is 5.97 Å². The molecule has 0 bridgehead atoms. The molecule has 1 aromatic rings. The minimum Gasteiger partial charge on any atom is -0.489 e. The highest BCUT2D eigenvalue weighted by molar-refractivity contribution is 5.95. The van der Waals surface area contributed by atoms with Crippen molar-refractivity contribution < 1.29 is 24.2 Å². The van der Waals surface area contributed by atoms with Crippen molar-refractivity contribution in [2.75, 3.05) is 39.2 Å². The monoisotopic (exact) mass is 377 g/mol. The molecule has 0 aromatic heterocycles. The van der Waals surface area contributed by atoms with Crippen LogP contribution in [0.4, 0.5) is 5.69 Å². The molecule has 0 saturated heterocycles. The number of hydrogen-bond donors (Lipinski definition) is 2. The number of carboxylic acids is 1. The molecule has 1 aliphatic heterocycles. The third kappa shape index (κ3) is 4.69. The van der Waals surface area contributed by atoms with E-state index >= 15 is 0 Å². The zero-order valence-corrected chi connectivity index (χ0v) is 16.4. The van der Waals surface area contributed by atoms with Crippen LogP contribution in [0, 0.1) is 5.41 Å². The van der Waals surface area contributed by atoms with E-state index in [4.69, 9.17) is 9.84 Å². The second kappa shape index (κ2) is 7.85. The second-order valence-corrected chi connectivity index (χ2v) is 7.63. The quantitative estimate of drug-likeness (QED) is 0.773. The van der Waals surface area contributed by atoms with Crippen molar-refractivity contribution in [1.82, 2.24) is 10.2 Å². The van der Waals surface area contributed by atoms with Crippen molar-refractivity contribution in [3.05, 3.63) is 23.8 Å². The van der Waals surface area contributed by atoms with Crippen LogP contribution in [0.15, 0.2) is 18.2 Å². The zero-order valence-electron chi connectivity index (χ0n) is 16.4. The Morgan fingerprint density at radius 1 is 1.33 bits per heavy atom. The molecule has 1 heterocycles. The lowest BCUT2D eigenvalue weighted by atomic mass is 9.94. The van der Waals surface area contributed by atoms with Gasteiger partial charge in [-0.1, -0.05) is 0 Å². The molecule has 0 aliphatic carbocycles. The van der Waals surface area contributed by atoms with Gasteiger partial charge in [-0.15, -0.1) is 0 Å². The standard InChI is InChI=1S/C19H27N3O5/c1-19(2,18(25)26)11-20-16(23)9-13-10-27-15-7-6-12(17(24)21(3)4)8-14(15)22(13)5/h6-8,13H,9-11H2,1-5H3,(H,20,23)(H,25,26). The van der Waals surface area contributed by atoms with Crippen molar-refractivity contribution in [3.63, 3.8) is 0 Å². The molecule has 0 spiro atoms. The van der Waals surface area contributed by atoms with Gasteiger partial charge in [-0.3, -0.25) is 14.4 Å². The average Bonchev–Trinajstić information content (AvgIpc) is 2.61. The molecule has 27 heavy (non-hydrogen) atoms. The number of nitrogens with one attached hydrogen (secondary N) is 1. The molecule has 8 nitrogen and oxygen atoms in total. The third-order valence-electron chi connectivity index (χ3n) is 4.70. The average molecular weight is 377 g/mol. The lowest BCUT2D eigenvalue weighted by Gasteiger charge is -2.36. The number of nitrogens with zero attached hydrogens (tertiary/aromatic N) is 2. The molecule has 1 aromatic carbocycles. The smallest absolute Gasteiger partial charge is 0.310 e. The summed E-state index contributed by atoms with van der Waals surface area (Å²) in [4.78, 5) is 39.0. The predicted molar refractivity (Wildman–Crippen MR) is 101 cm³/mol. The largest absolute Gasteiger partial charge is 0.489 e. The highest BCUT2D eigenvalue weighted by Crippen LogP contribution is 2.34. The Labute approximate surface area is 159 Å². The molecule has 0 radical (unpaired) electrons. The summed E-state index contributed by atoms with van der Waals surface area (Å²) in [6.45, 7) is 3.51. The fourth-order valence-corrected chi connectivity index (χ4v) is 2.68. The number of benzene rings is 1. The Morgan fingerprint density at radius 3 is 2.59 bits per heavy atom. The second-order valence-electron chi connectivity index (χ2n) is 7.63. The van der Waals surface area contributed by atoms with E-state index in [1.807, 2.05) is 11.9 Å². The Kier molecular flexibility index (Phi) is 5.98. The minimum absolute atomic E-state index is 0.0521.